The summed E-state index contributed by atoms with van der Waals surface area (Å²) < 4.78 is 1.05. The van der Waals surface area contributed by atoms with E-state index in [0.29, 0.717) is 17.1 Å². The van der Waals surface area contributed by atoms with Crippen LogP contribution in [0.25, 0.3) is 10.1 Å². The number of nitrogens with zero attached hydrogens (tertiary/aromatic N) is 2. The Morgan fingerprint density at radius 3 is 2.86 bits per heavy atom. The number of aryl methyl sites for hydroxylation is 2. The van der Waals surface area contributed by atoms with Crippen molar-refractivity contribution in [3.05, 3.63) is 34.0 Å². The van der Waals surface area contributed by atoms with Gasteiger partial charge in [0.25, 0.3) is 5.91 Å². The molecule has 2 N–H and O–H groups in total. The number of amides is 1. The molecule has 0 aliphatic carbocycles. The highest BCUT2D eigenvalue weighted by Crippen LogP contribution is 2.36. The molecular formula is C16H19N3OS. The quantitative estimate of drug-likeness (QED) is 0.822. The van der Waals surface area contributed by atoms with Crippen LogP contribution in [0.1, 0.15) is 34.4 Å². The van der Waals surface area contributed by atoms with E-state index in [0.717, 1.165) is 34.4 Å². The molecule has 4 nitrogen and oxygen atoms in total. The fraction of sp³-hybridized carbons (Fsp3) is 0.375. The van der Waals surface area contributed by atoms with Gasteiger partial charge in [-0.3, -0.25) is 9.78 Å². The standard InChI is InChI=1S/C16H19N3OS/c1-9-5-4-6-19(8-9)16(20)15-14(17)13-11(3)18-10(2)7-12(13)21-15/h5,7H,4,6,8,17H2,1-3H3. The average Bonchev–Trinajstić information content (AvgIpc) is 2.75. The summed E-state index contributed by atoms with van der Waals surface area (Å²) in [6, 6.07) is 2.00. The Morgan fingerprint density at radius 2 is 2.14 bits per heavy atom. The monoisotopic (exact) mass is 301 g/mol. The Balaban J connectivity index is 2.05. The number of rotatable bonds is 1. The molecule has 0 fully saturated rings. The molecule has 5 heteroatoms. The van der Waals surface area contributed by atoms with E-state index >= 15 is 0 Å². The maximum absolute atomic E-state index is 12.7. The van der Waals surface area contributed by atoms with Crippen LogP contribution in [-0.2, 0) is 0 Å². The predicted molar refractivity (Wildman–Crippen MR) is 87.8 cm³/mol. The highest BCUT2D eigenvalue weighted by molar-refractivity contribution is 7.21. The van der Waals surface area contributed by atoms with E-state index in [1.54, 1.807) is 0 Å². The molecule has 0 aromatic carbocycles. The maximum Gasteiger partial charge on any atom is 0.266 e. The predicted octanol–water partition coefficient (Wildman–Crippen LogP) is 3.29. The second-order valence-corrected chi connectivity index (χ2v) is 6.69. The van der Waals surface area contributed by atoms with E-state index in [1.165, 1.54) is 16.9 Å². The van der Waals surface area contributed by atoms with Gasteiger partial charge in [0.15, 0.2) is 0 Å². The van der Waals surface area contributed by atoms with Crippen molar-refractivity contribution in [1.29, 1.82) is 0 Å². The van der Waals surface area contributed by atoms with Crippen molar-refractivity contribution in [3.8, 4) is 0 Å². The molecule has 2 aromatic heterocycles. The van der Waals surface area contributed by atoms with Gasteiger partial charge in [0.05, 0.1) is 5.69 Å². The summed E-state index contributed by atoms with van der Waals surface area (Å²) >= 11 is 1.48. The number of thiophene rings is 1. The molecule has 3 heterocycles. The van der Waals surface area contributed by atoms with Crippen LogP contribution < -0.4 is 5.73 Å². The normalized spacial score (nSPS) is 15.4. The molecule has 0 atom stereocenters. The number of hydrogen-bond acceptors (Lipinski definition) is 4. The zero-order valence-electron chi connectivity index (χ0n) is 12.6. The number of hydrogen-bond donors (Lipinski definition) is 1. The third-order valence-electron chi connectivity index (χ3n) is 3.83. The van der Waals surface area contributed by atoms with E-state index in [-0.39, 0.29) is 5.91 Å². The minimum absolute atomic E-state index is 0.0400. The molecule has 2 aromatic rings. The number of pyridine rings is 1. The van der Waals surface area contributed by atoms with Crippen LogP contribution in [0.15, 0.2) is 17.7 Å². The molecule has 0 radical (unpaired) electrons. The first-order chi connectivity index (χ1) is 9.97. The van der Waals surface area contributed by atoms with Crippen LogP contribution in [0.5, 0.6) is 0 Å². The Bertz CT molecular complexity index is 760. The number of anilines is 1. The van der Waals surface area contributed by atoms with E-state index in [2.05, 4.69) is 18.0 Å². The summed E-state index contributed by atoms with van der Waals surface area (Å²) in [6.07, 6.45) is 3.11. The van der Waals surface area contributed by atoms with Crippen molar-refractivity contribution >= 4 is 33.0 Å². The van der Waals surface area contributed by atoms with Gasteiger partial charge < -0.3 is 10.6 Å². The zero-order chi connectivity index (χ0) is 15.1. The van der Waals surface area contributed by atoms with Gasteiger partial charge in [-0.1, -0.05) is 11.6 Å². The van der Waals surface area contributed by atoms with Gasteiger partial charge >= 0.3 is 0 Å². The minimum Gasteiger partial charge on any atom is -0.397 e. The first-order valence-electron chi connectivity index (χ1n) is 7.08. The van der Waals surface area contributed by atoms with Gasteiger partial charge in [0.2, 0.25) is 0 Å². The molecule has 1 aliphatic rings. The number of fused-ring (bicyclic) bond motifs is 1. The topological polar surface area (TPSA) is 59.2 Å². The molecule has 0 saturated heterocycles. The third kappa shape index (κ3) is 2.42. The first kappa shape index (κ1) is 14.1. The number of carbonyl (C=O) groups is 1. The summed E-state index contributed by atoms with van der Waals surface area (Å²) in [4.78, 5) is 19.7. The molecular weight excluding hydrogens is 282 g/mol. The van der Waals surface area contributed by atoms with Crippen molar-refractivity contribution in [1.82, 2.24) is 9.88 Å². The second kappa shape index (κ2) is 5.15. The molecule has 1 amide bonds. The number of nitrogen functional groups attached to an aromatic ring is 1. The lowest BCUT2D eigenvalue weighted by molar-refractivity contribution is 0.0772. The number of aromatic nitrogens is 1. The maximum atomic E-state index is 12.7. The van der Waals surface area contributed by atoms with Crippen molar-refractivity contribution in [2.75, 3.05) is 18.8 Å². The highest BCUT2D eigenvalue weighted by Gasteiger charge is 2.24. The molecule has 0 saturated carbocycles. The Labute approximate surface area is 128 Å². The molecule has 110 valence electrons. The second-order valence-electron chi connectivity index (χ2n) is 5.63. The van der Waals surface area contributed by atoms with E-state index in [1.807, 2.05) is 24.8 Å². The van der Waals surface area contributed by atoms with E-state index in [9.17, 15) is 4.79 Å². The lowest BCUT2D eigenvalue weighted by Crippen LogP contribution is -2.35. The summed E-state index contributed by atoms with van der Waals surface area (Å²) in [7, 11) is 0. The smallest absolute Gasteiger partial charge is 0.266 e. The highest BCUT2D eigenvalue weighted by atomic mass is 32.1. The largest absolute Gasteiger partial charge is 0.397 e. The Morgan fingerprint density at radius 1 is 1.38 bits per heavy atom. The van der Waals surface area contributed by atoms with Crippen LogP contribution in [0, 0.1) is 13.8 Å². The molecule has 0 unspecified atom stereocenters. The zero-order valence-corrected chi connectivity index (χ0v) is 13.4. The number of nitrogens with two attached hydrogens (primary N) is 1. The summed E-state index contributed by atoms with van der Waals surface area (Å²) in [6.45, 7) is 7.43. The molecule has 0 spiro atoms. The van der Waals surface area contributed by atoms with Crippen LogP contribution in [0.2, 0.25) is 0 Å². The van der Waals surface area contributed by atoms with Crippen molar-refractivity contribution in [2.45, 2.75) is 27.2 Å². The summed E-state index contributed by atoms with van der Waals surface area (Å²) in [5, 5.41) is 0.929. The fourth-order valence-electron chi connectivity index (χ4n) is 2.87. The SMILES string of the molecule is CC1=CCCN(C(=O)c2sc3cc(C)nc(C)c3c2N)C1. The first-order valence-corrected chi connectivity index (χ1v) is 7.90. The Kier molecular flexibility index (Phi) is 3.45. The molecule has 3 rings (SSSR count). The third-order valence-corrected chi connectivity index (χ3v) is 4.97. The van der Waals surface area contributed by atoms with Crippen LogP contribution in [0.3, 0.4) is 0 Å². The summed E-state index contributed by atoms with van der Waals surface area (Å²) in [5.41, 5.74) is 9.91. The van der Waals surface area contributed by atoms with Gasteiger partial charge in [0, 0.05) is 34.6 Å². The van der Waals surface area contributed by atoms with Gasteiger partial charge in [0.1, 0.15) is 4.88 Å². The molecule has 21 heavy (non-hydrogen) atoms. The lowest BCUT2D eigenvalue weighted by atomic mass is 10.1. The van der Waals surface area contributed by atoms with E-state index in [4.69, 9.17) is 5.73 Å². The van der Waals surface area contributed by atoms with Crippen LogP contribution in [0.4, 0.5) is 5.69 Å². The van der Waals surface area contributed by atoms with Gasteiger partial charge in [-0.05, 0) is 33.3 Å². The van der Waals surface area contributed by atoms with Gasteiger partial charge in [-0.2, -0.15) is 0 Å². The van der Waals surface area contributed by atoms with Crippen molar-refractivity contribution in [2.24, 2.45) is 0 Å². The van der Waals surface area contributed by atoms with Crippen molar-refractivity contribution < 1.29 is 4.79 Å². The Hall–Kier alpha value is -1.88. The lowest BCUT2D eigenvalue weighted by Gasteiger charge is -2.25. The number of carbonyl (C=O) groups excluding carboxylic acids is 1. The fourth-order valence-corrected chi connectivity index (χ4v) is 4.10. The average molecular weight is 301 g/mol. The van der Waals surface area contributed by atoms with Crippen LogP contribution in [-0.4, -0.2) is 28.9 Å². The molecule has 1 aliphatic heterocycles. The van der Waals surface area contributed by atoms with E-state index < -0.39 is 0 Å². The summed E-state index contributed by atoms with van der Waals surface area (Å²) in [5.74, 6) is 0.0400. The van der Waals surface area contributed by atoms with Crippen molar-refractivity contribution in [3.63, 3.8) is 0 Å². The van der Waals surface area contributed by atoms with Crippen LogP contribution >= 0.6 is 11.3 Å². The molecule has 0 bridgehead atoms. The van der Waals surface area contributed by atoms with Gasteiger partial charge in [-0.25, -0.2) is 0 Å². The van der Waals surface area contributed by atoms with Gasteiger partial charge in [-0.15, -0.1) is 11.3 Å². The minimum atomic E-state index is 0.0400.